The van der Waals surface area contributed by atoms with Crippen LogP contribution in [0, 0.1) is 15.9 Å². The van der Waals surface area contributed by atoms with Crippen molar-refractivity contribution in [2.24, 2.45) is 0 Å². The second-order valence-electron chi connectivity index (χ2n) is 8.58. The highest BCUT2D eigenvalue weighted by molar-refractivity contribution is 7.17. The number of thiophene rings is 1. The Morgan fingerprint density at radius 3 is 2.43 bits per heavy atom. The van der Waals surface area contributed by atoms with Crippen molar-refractivity contribution in [3.63, 3.8) is 0 Å². The van der Waals surface area contributed by atoms with Crippen LogP contribution in [0.4, 0.5) is 31.2 Å². The lowest BCUT2D eigenvalue weighted by Crippen LogP contribution is -2.46. The number of benzene rings is 1. The Bertz CT molecular complexity index is 1210. The van der Waals surface area contributed by atoms with Gasteiger partial charge in [0, 0.05) is 39.6 Å². The minimum atomic E-state index is -0.611. The van der Waals surface area contributed by atoms with E-state index in [1.54, 1.807) is 19.1 Å². The molecule has 0 spiro atoms. The predicted molar refractivity (Wildman–Crippen MR) is 136 cm³/mol. The van der Waals surface area contributed by atoms with Crippen LogP contribution in [0.3, 0.4) is 0 Å². The largest absolute Gasteiger partial charge is 0.442 e. The highest BCUT2D eigenvalue weighted by atomic mass is 32.1. The minimum absolute atomic E-state index is 0.0976. The Kier molecular flexibility index (Phi) is 7.76. The molecule has 14 heteroatoms. The van der Waals surface area contributed by atoms with Gasteiger partial charge in [0.1, 0.15) is 22.5 Å². The third-order valence-corrected chi connectivity index (χ3v) is 7.15. The van der Waals surface area contributed by atoms with Gasteiger partial charge in [0.25, 0.3) is 5.91 Å². The summed E-state index contributed by atoms with van der Waals surface area (Å²) < 4.78 is 20.3. The number of cyclic esters (lactones) is 1. The standard InChI is InChI=1S/C23H27FN6O6S/c1-3-25-21(32)20-11-19(22(37-20)30(34)35)28-8-6-27(7-9-28)18-5-4-15(10-17(18)24)29-13-16(36-23(29)33)12-26-14(2)31/h4-5,10-11,16H,3,6-9,12-13H2,1-2H3,(H,25,32)(H,26,31)/t16-/m0/s1. The fourth-order valence-electron chi connectivity index (χ4n) is 4.29. The maximum atomic E-state index is 15.1. The van der Waals surface area contributed by atoms with Gasteiger partial charge >= 0.3 is 11.1 Å². The van der Waals surface area contributed by atoms with Crippen molar-refractivity contribution in [3.8, 4) is 0 Å². The zero-order valence-electron chi connectivity index (χ0n) is 20.4. The molecule has 2 saturated heterocycles. The molecule has 0 radical (unpaired) electrons. The van der Waals surface area contributed by atoms with Crippen LogP contribution in [-0.2, 0) is 9.53 Å². The fourth-order valence-corrected chi connectivity index (χ4v) is 5.20. The van der Waals surface area contributed by atoms with Crippen LogP contribution in [0.25, 0.3) is 0 Å². The fraction of sp³-hybridized carbons (Fsp3) is 0.435. The number of halogens is 1. The third kappa shape index (κ3) is 5.74. The van der Waals surface area contributed by atoms with E-state index in [0.29, 0.717) is 49.8 Å². The monoisotopic (exact) mass is 534 g/mol. The zero-order chi connectivity index (χ0) is 26.7. The van der Waals surface area contributed by atoms with Gasteiger partial charge in [-0.25, -0.2) is 9.18 Å². The molecule has 37 heavy (non-hydrogen) atoms. The first-order valence-corrected chi connectivity index (χ1v) is 12.6. The second kappa shape index (κ2) is 11.0. The number of rotatable bonds is 8. The van der Waals surface area contributed by atoms with Gasteiger partial charge in [0.05, 0.1) is 29.4 Å². The molecule has 2 fully saturated rings. The van der Waals surface area contributed by atoms with Gasteiger partial charge in [-0.1, -0.05) is 11.3 Å². The average Bonchev–Trinajstić information content (AvgIpc) is 3.47. The number of carbonyl (C=O) groups is 3. The van der Waals surface area contributed by atoms with Crippen molar-refractivity contribution in [1.82, 2.24) is 10.6 Å². The average molecular weight is 535 g/mol. The molecule has 3 heterocycles. The summed E-state index contributed by atoms with van der Waals surface area (Å²) in [7, 11) is 0. The molecule has 3 amide bonds. The maximum Gasteiger partial charge on any atom is 0.414 e. The highest BCUT2D eigenvalue weighted by Crippen LogP contribution is 2.38. The van der Waals surface area contributed by atoms with Crippen molar-refractivity contribution >= 4 is 51.3 Å². The maximum absolute atomic E-state index is 15.1. The Morgan fingerprint density at radius 1 is 1.16 bits per heavy atom. The van der Waals surface area contributed by atoms with Crippen molar-refractivity contribution in [2.75, 3.05) is 60.5 Å². The Balaban J connectivity index is 1.42. The van der Waals surface area contributed by atoms with Crippen LogP contribution in [0.15, 0.2) is 24.3 Å². The summed E-state index contributed by atoms with van der Waals surface area (Å²) >= 11 is 0.838. The number of piperazine rings is 1. The molecule has 198 valence electrons. The first-order chi connectivity index (χ1) is 17.7. The molecule has 1 aromatic carbocycles. The molecule has 1 aromatic heterocycles. The topological polar surface area (TPSA) is 137 Å². The third-order valence-electron chi connectivity index (χ3n) is 6.08. The molecule has 1 atom stereocenters. The van der Waals surface area contributed by atoms with Gasteiger partial charge in [-0.2, -0.15) is 0 Å². The molecular formula is C23H27FN6O6S. The van der Waals surface area contributed by atoms with E-state index >= 15 is 4.39 Å². The molecule has 0 unspecified atom stereocenters. The van der Waals surface area contributed by atoms with Gasteiger partial charge in [-0.3, -0.25) is 24.6 Å². The van der Waals surface area contributed by atoms with Crippen molar-refractivity contribution in [1.29, 1.82) is 0 Å². The molecule has 2 N–H and O–H groups in total. The lowest BCUT2D eigenvalue weighted by Gasteiger charge is -2.36. The van der Waals surface area contributed by atoms with E-state index in [-0.39, 0.29) is 34.8 Å². The number of amides is 3. The summed E-state index contributed by atoms with van der Waals surface area (Å²) in [6.07, 6.45) is -1.14. The molecule has 2 aliphatic rings. The van der Waals surface area contributed by atoms with Crippen molar-refractivity contribution in [2.45, 2.75) is 20.0 Å². The van der Waals surface area contributed by atoms with Crippen LogP contribution in [0.1, 0.15) is 23.5 Å². The minimum Gasteiger partial charge on any atom is -0.442 e. The van der Waals surface area contributed by atoms with Crippen LogP contribution in [0.5, 0.6) is 0 Å². The Morgan fingerprint density at radius 2 is 1.84 bits per heavy atom. The summed E-state index contributed by atoms with van der Waals surface area (Å²) in [5, 5.41) is 16.7. The Hall–Kier alpha value is -3.94. The molecule has 0 aliphatic carbocycles. The smallest absolute Gasteiger partial charge is 0.414 e. The SMILES string of the molecule is CCNC(=O)c1cc(N2CCN(c3ccc(N4C[C@H](CNC(C)=O)OC4=O)cc3F)CC2)c([N+](=O)[O-])s1. The number of nitrogens with one attached hydrogen (secondary N) is 2. The van der Waals surface area contributed by atoms with E-state index in [0.717, 1.165) is 11.3 Å². The van der Waals surface area contributed by atoms with E-state index in [4.69, 9.17) is 4.74 Å². The van der Waals surface area contributed by atoms with Crippen LogP contribution >= 0.6 is 11.3 Å². The van der Waals surface area contributed by atoms with Crippen LogP contribution in [0.2, 0.25) is 0 Å². The second-order valence-corrected chi connectivity index (χ2v) is 9.61. The highest BCUT2D eigenvalue weighted by Gasteiger charge is 2.33. The molecule has 4 rings (SSSR count). The summed E-state index contributed by atoms with van der Waals surface area (Å²) in [6, 6.07) is 6.03. The molecule has 0 bridgehead atoms. The van der Waals surface area contributed by atoms with Crippen LogP contribution < -0.4 is 25.3 Å². The van der Waals surface area contributed by atoms with E-state index in [1.165, 1.54) is 24.0 Å². The number of anilines is 3. The van der Waals surface area contributed by atoms with E-state index in [9.17, 15) is 24.5 Å². The van der Waals surface area contributed by atoms with Crippen molar-refractivity contribution in [3.05, 3.63) is 45.1 Å². The summed E-state index contributed by atoms with van der Waals surface area (Å²) in [5.41, 5.74) is 1.09. The summed E-state index contributed by atoms with van der Waals surface area (Å²) in [5.74, 6) is -1.10. The summed E-state index contributed by atoms with van der Waals surface area (Å²) in [4.78, 5) is 51.8. The molecule has 0 saturated carbocycles. The number of carbonyl (C=O) groups excluding carboxylic acids is 3. The van der Waals surface area contributed by atoms with Gasteiger partial charge in [0.2, 0.25) is 5.91 Å². The number of hydrogen-bond acceptors (Lipinski definition) is 9. The lowest BCUT2D eigenvalue weighted by molar-refractivity contribution is -0.379. The van der Waals surface area contributed by atoms with Gasteiger partial charge in [0.15, 0.2) is 0 Å². The van der Waals surface area contributed by atoms with Gasteiger partial charge < -0.3 is 25.2 Å². The predicted octanol–water partition coefficient (Wildman–Crippen LogP) is 2.33. The zero-order valence-corrected chi connectivity index (χ0v) is 21.2. The Labute approximate surface area is 216 Å². The quantitative estimate of drug-likeness (QED) is 0.389. The molecule has 12 nitrogen and oxygen atoms in total. The van der Waals surface area contributed by atoms with E-state index in [2.05, 4.69) is 10.6 Å². The number of hydrogen-bond donors (Lipinski definition) is 2. The van der Waals surface area contributed by atoms with Gasteiger partial charge in [-0.05, 0) is 31.2 Å². The summed E-state index contributed by atoms with van der Waals surface area (Å²) in [6.45, 7) is 5.53. The van der Waals surface area contributed by atoms with Crippen molar-refractivity contribution < 1.29 is 28.4 Å². The van der Waals surface area contributed by atoms with Gasteiger partial charge in [-0.15, -0.1) is 0 Å². The number of nitro groups is 1. The lowest BCUT2D eigenvalue weighted by atomic mass is 10.2. The van der Waals surface area contributed by atoms with E-state index < -0.39 is 22.9 Å². The number of ether oxygens (including phenoxy) is 1. The molecule has 2 aliphatic heterocycles. The normalized spacial score (nSPS) is 17.5. The van der Waals surface area contributed by atoms with Crippen LogP contribution in [-0.4, -0.2) is 74.7 Å². The van der Waals surface area contributed by atoms with E-state index in [1.807, 2.05) is 9.80 Å². The molecule has 2 aromatic rings. The first-order valence-electron chi connectivity index (χ1n) is 11.8. The first kappa shape index (κ1) is 26.1. The number of nitrogens with zero attached hydrogens (tertiary/aromatic N) is 4. The molecular weight excluding hydrogens is 507 g/mol.